The van der Waals surface area contributed by atoms with Gasteiger partial charge in [-0.3, -0.25) is 4.79 Å². The largest absolute Gasteiger partial charge is 0.491 e. The molecule has 0 bridgehead atoms. The summed E-state index contributed by atoms with van der Waals surface area (Å²) < 4.78 is 32.9. The van der Waals surface area contributed by atoms with Crippen molar-refractivity contribution in [2.24, 2.45) is 0 Å². The predicted molar refractivity (Wildman–Crippen MR) is 121 cm³/mol. The number of sulfonamides is 1. The van der Waals surface area contributed by atoms with Crippen LogP contribution < -0.4 is 10.1 Å². The van der Waals surface area contributed by atoms with Crippen molar-refractivity contribution in [3.8, 4) is 5.75 Å². The molecule has 0 spiro atoms. The summed E-state index contributed by atoms with van der Waals surface area (Å²) in [6.07, 6.45) is 1.65. The van der Waals surface area contributed by atoms with E-state index in [9.17, 15) is 13.2 Å². The maximum absolute atomic E-state index is 12.8. The monoisotopic (exact) mass is 458 g/mol. The molecule has 31 heavy (non-hydrogen) atoms. The quantitative estimate of drug-likeness (QED) is 0.541. The van der Waals surface area contributed by atoms with Crippen molar-refractivity contribution >= 4 is 38.3 Å². The second-order valence-corrected chi connectivity index (χ2v) is 9.65. The number of hydrogen-bond acceptors (Lipinski definition) is 4. The van der Waals surface area contributed by atoms with Gasteiger partial charge in [0.1, 0.15) is 17.3 Å². The number of benzene rings is 3. The Labute approximate surface area is 186 Å². The van der Waals surface area contributed by atoms with E-state index < -0.39 is 10.0 Å². The van der Waals surface area contributed by atoms with Gasteiger partial charge in [-0.25, -0.2) is 8.42 Å². The number of carbonyl (C=O) groups excluding carboxylic acids is 1. The van der Waals surface area contributed by atoms with Gasteiger partial charge in [-0.2, -0.15) is 4.31 Å². The molecule has 6 nitrogen and oxygen atoms in total. The average Bonchev–Trinajstić information content (AvgIpc) is 3.33. The third kappa shape index (κ3) is 4.69. The Morgan fingerprint density at radius 1 is 1.03 bits per heavy atom. The molecule has 3 aromatic rings. The smallest absolute Gasteiger partial charge is 0.251 e. The lowest BCUT2D eigenvalue weighted by Crippen LogP contribution is -2.30. The highest BCUT2D eigenvalue weighted by Crippen LogP contribution is 2.28. The summed E-state index contributed by atoms with van der Waals surface area (Å²) in [6, 6.07) is 18.1. The average molecular weight is 459 g/mol. The maximum atomic E-state index is 12.8. The first-order chi connectivity index (χ1) is 15.0. The molecule has 0 atom stereocenters. The van der Waals surface area contributed by atoms with Gasteiger partial charge >= 0.3 is 0 Å². The van der Waals surface area contributed by atoms with Crippen LogP contribution in [0.15, 0.2) is 65.6 Å². The van der Waals surface area contributed by atoms with Crippen molar-refractivity contribution in [3.05, 3.63) is 71.2 Å². The molecule has 3 aromatic carbocycles. The lowest BCUT2D eigenvalue weighted by molar-refractivity contribution is 0.0947. The molecule has 1 aliphatic rings. The molecular formula is C23H23ClN2O4S. The van der Waals surface area contributed by atoms with Crippen molar-refractivity contribution in [1.29, 1.82) is 0 Å². The Hall–Kier alpha value is -2.61. The van der Waals surface area contributed by atoms with Crippen LogP contribution in [-0.4, -0.2) is 44.9 Å². The van der Waals surface area contributed by atoms with Gasteiger partial charge in [-0.15, -0.1) is 0 Å². The fourth-order valence-electron chi connectivity index (χ4n) is 3.66. The molecule has 1 saturated heterocycles. The van der Waals surface area contributed by atoms with Crippen LogP contribution in [0.1, 0.15) is 23.2 Å². The van der Waals surface area contributed by atoms with Crippen LogP contribution in [0, 0.1) is 0 Å². The number of hydrogen-bond donors (Lipinski definition) is 1. The highest BCUT2D eigenvalue weighted by molar-refractivity contribution is 7.89. The first-order valence-corrected chi connectivity index (χ1v) is 12.0. The summed E-state index contributed by atoms with van der Waals surface area (Å²) in [4.78, 5) is 12.5. The van der Waals surface area contributed by atoms with E-state index in [4.69, 9.17) is 16.3 Å². The Balaban J connectivity index is 1.40. The molecule has 1 N–H and O–H groups in total. The Bertz CT molecular complexity index is 1200. The normalized spacial score (nSPS) is 14.6. The Kier molecular flexibility index (Phi) is 6.46. The molecule has 162 valence electrons. The number of ether oxygens (including phenoxy) is 1. The van der Waals surface area contributed by atoms with Gasteiger partial charge in [0.2, 0.25) is 10.0 Å². The summed E-state index contributed by atoms with van der Waals surface area (Å²) in [5.74, 6) is 0.369. The van der Waals surface area contributed by atoms with E-state index in [0.717, 1.165) is 29.4 Å². The molecule has 0 aromatic heterocycles. The minimum atomic E-state index is -3.71. The molecule has 0 aliphatic carbocycles. The van der Waals surface area contributed by atoms with Gasteiger partial charge in [0, 0.05) is 24.0 Å². The van der Waals surface area contributed by atoms with Gasteiger partial charge < -0.3 is 10.1 Å². The topological polar surface area (TPSA) is 75.7 Å². The van der Waals surface area contributed by atoms with Crippen LogP contribution in [0.25, 0.3) is 10.8 Å². The zero-order valence-electron chi connectivity index (χ0n) is 16.9. The number of rotatable bonds is 7. The zero-order chi connectivity index (χ0) is 21.8. The third-order valence-corrected chi connectivity index (χ3v) is 7.65. The first kappa shape index (κ1) is 21.6. The molecule has 1 fully saturated rings. The van der Waals surface area contributed by atoms with Gasteiger partial charge in [0.25, 0.3) is 5.91 Å². The van der Waals surface area contributed by atoms with E-state index in [1.165, 1.54) is 22.5 Å². The number of amides is 1. The zero-order valence-corrected chi connectivity index (χ0v) is 18.5. The van der Waals surface area contributed by atoms with Crippen molar-refractivity contribution in [2.75, 3.05) is 26.2 Å². The number of fused-ring (bicyclic) bond motifs is 1. The van der Waals surface area contributed by atoms with Crippen molar-refractivity contribution in [1.82, 2.24) is 9.62 Å². The van der Waals surface area contributed by atoms with Gasteiger partial charge in [0.15, 0.2) is 0 Å². The van der Waals surface area contributed by atoms with Crippen LogP contribution in [0.4, 0.5) is 0 Å². The molecule has 4 rings (SSSR count). The minimum absolute atomic E-state index is 0.0317. The first-order valence-electron chi connectivity index (χ1n) is 10.2. The molecule has 1 amide bonds. The maximum Gasteiger partial charge on any atom is 0.251 e. The van der Waals surface area contributed by atoms with E-state index in [1.54, 1.807) is 0 Å². The van der Waals surface area contributed by atoms with E-state index in [0.29, 0.717) is 13.1 Å². The second kappa shape index (κ2) is 9.26. The number of nitrogens with zero attached hydrogens (tertiary/aromatic N) is 1. The van der Waals surface area contributed by atoms with E-state index in [2.05, 4.69) is 5.32 Å². The van der Waals surface area contributed by atoms with Crippen molar-refractivity contribution < 1.29 is 17.9 Å². The molecular weight excluding hydrogens is 436 g/mol. The molecule has 0 radical (unpaired) electrons. The van der Waals surface area contributed by atoms with E-state index >= 15 is 0 Å². The van der Waals surface area contributed by atoms with Crippen LogP contribution in [0.3, 0.4) is 0 Å². The Morgan fingerprint density at radius 3 is 2.58 bits per heavy atom. The summed E-state index contributed by atoms with van der Waals surface area (Å²) in [5.41, 5.74) is 0.243. The summed E-state index contributed by atoms with van der Waals surface area (Å²) in [6.45, 7) is 1.51. The fourth-order valence-corrected chi connectivity index (χ4v) is 5.68. The van der Waals surface area contributed by atoms with Crippen LogP contribution >= 0.6 is 11.6 Å². The minimum Gasteiger partial charge on any atom is -0.491 e. The lowest BCUT2D eigenvalue weighted by atomic mass is 10.1. The van der Waals surface area contributed by atoms with Crippen molar-refractivity contribution in [3.63, 3.8) is 0 Å². The third-order valence-electron chi connectivity index (χ3n) is 5.27. The summed E-state index contributed by atoms with van der Waals surface area (Å²) in [5, 5.41) is 4.97. The van der Waals surface area contributed by atoms with Crippen molar-refractivity contribution in [2.45, 2.75) is 17.7 Å². The number of halogens is 1. The number of nitrogens with one attached hydrogen (secondary N) is 1. The molecule has 1 heterocycles. The summed E-state index contributed by atoms with van der Waals surface area (Å²) >= 11 is 6.15. The molecule has 8 heteroatoms. The summed E-state index contributed by atoms with van der Waals surface area (Å²) in [7, 11) is -3.71. The Morgan fingerprint density at radius 2 is 1.77 bits per heavy atom. The molecule has 0 unspecified atom stereocenters. The highest BCUT2D eigenvalue weighted by atomic mass is 35.5. The lowest BCUT2D eigenvalue weighted by Gasteiger charge is -2.17. The highest BCUT2D eigenvalue weighted by Gasteiger charge is 2.29. The molecule has 0 saturated carbocycles. The van der Waals surface area contributed by atoms with Gasteiger partial charge in [0.05, 0.1) is 11.6 Å². The standard InChI is InChI=1S/C23H23ClN2O4S/c24-20-11-10-18(16-22(20)31(28,29)26-13-3-4-14-26)23(27)25-12-15-30-21-9-5-7-17-6-1-2-8-19(17)21/h1-2,5-11,16H,3-4,12-15H2,(H,25,27). The SMILES string of the molecule is O=C(NCCOc1cccc2ccccc12)c1ccc(Cl)c(S(=O)(=O)N2CCCC2)c1. The predicted octanol–water partition coefficient (Wildman–Crippen LogP) is 4.09. The van der Waals surface area contributed by atoms with Gasteiger partial charge in [-0.05, 0) is 42.5 Å². The van der Waals surface area contributed by atoms with Crippen LogP contribution in [0.5, 0.6) is 5.75 Å². The van der Waals surface area contributed by atoms with Gasteiger partial charge in [-0.1, -0.05) is 48.0 Å². The van der Waals surface area contributed by atoms with Crippen LogP contribution in [-0.2, 0) is 10.0 Å². The molecule has 1 aliphatic heterocycles. The number of carbonyl (C=O) groups is 1. The second-order valence-electron chi connectivity index (χ2n) is 7.34. The van der Waals surface area contributed by atoms with Crippen LogP contribution in [0.2, 0.25) is 5.02 Å². The fraction of sp³-hybridized carbons (Fsp3) is 0.261. The van der Waals surface area contributed by atoms with E-state index in [1.807, 2.05) is 42.5 Å². The van der Waals surface area contributed by atoms with E-state index in [-0.39, 0.29) is 34.5 Å².